The molecule has 33 heavy (non-hydrogen) atoms. The fraction of sp³-hybridized carbons (Fsp3) is 0.167. The molecule has 6 rings (SSSR count). The number of pyridine rings is 1. The maximum Gasteiger partial charge on any atom is 0.139 e. The van der Waals surface area contributed by atoms with Gasteiger partial charge in [-0.05, 0) is 52.9 Å². The van der Waals surface area contributed by atoms with Gasteiger partial charge in [0, 0.05) is 38.4 Å². The molecule has 0 unspecified atom stereocenters. The summed E-state index contributed by atoms with van der Waals surface area (Å²) in [5, 5.41) is 7.08. The summed E-state index contributed by atoms with van der Waals surface area (Å²) < 4.78 is 7.74. The van der Waals surface area contributed by atoms with Crippen LogP contribution in [0.1, 0.15) is 31.9 Å². The molecular weight excluding hydrogens is 422 g/mol. The molecule has 0 aliphatic carbocycles. The van der Waals surface area contributed by atoms with Crippen LogP contribution in [0, 0.1) is 6.92 Å². The molecule has 0 aliphatic rings. The van der Waals surface area contributed by atoms with Crippen LogP contribution in [-0.4, -0.2) is 4.98 Å². The van der Waals surface area contributed by atoms with Crippen molar-refractivity contribution in [3.05, 3.63) is 89.4 Å². The highest BCUT2D eigenvalue weighted by molar-refractivity contribution is 7.17. The van der Waals surface area contributed by atoms with E-state index in [1.165, 1.54) is 26.4 Å². The van der Waals surface area contributed by atoms with Crippen LogP contribution in [0.3, 0.4) is 0 Å². The summed E-state index contributed by atoms with van der Waals surface area (Å²) in [6.45, 7) is 8.98. The number of rotatable bonds is 2. The predicted octanol–water partition coefficient (Wildman–Crippen LogP) is 9.14. The van der Waals surface area contributed by atoms with Crippen LogP contribution in [-0.2, 0) is 5.41 Å². The number of hydrogen-bond donors (Lipinski definition) is 0. The highest BCUT2D eigenvalue weighted by atomic mass is 32.1. The van der Waals surface area contributed by atoms with Crippen LogP contribution < -0.4 is 0 Å². The summed E-state index contributed by atoms with van der Waals surface area (Å²) >= 11 is 1.76. The molecule has 0 saturated carbocycles. The van der Waals surface area contributed by atoms with Gasteiger partial charge in [-0.3, -0.25) is 4.98 Å². The van der Waals surface area contributed by atoms with Crippen LogP contribution in [0.2, 0.25) is 0 Å². The van der Waals surface area contributed by atoms with Crippen molar-refractivity contribution >= 4 is 43.2 Å². The molecule has 0 saturated heterocycles. The van der Waals surface area contributed by atoms with Crippen molar-refractivity contribution in [3.8, 4) is 22.6 Å². The van der Waals surface area contributed by atoms with E-state index in [1.807, 2.05) is 12.3 Å². The molecule has 2 nitrogen and oxygen atoms in total. The van der Waals surface area contributed by atoms with Crippen molar-refractivity contribution in [2.75, 3.05) is 0 Å². The predicted molar refractivity (Wildman–Crippen MR) is 141 cm³/mol. The summed E-state index contributed by atoms with van der Waals surface area (Å²) in [6, 6.07) is 23.7. The van der Waals surface area contributed by atoms with Crippen molar-refractivity contribution in [3.63, 3.8) is 0 Å². The number of aryl methyl sites for hydroxylation is 1. The van der Waals surface area contributed by atoms with Crippen molar-refractivity contribution in [1.29, 1.82) is 0 Å². The van der Waals surface area contributed by atoms with E-state index >= 15 is 0 Å². The summed E-state index contributed by atoms with van der Waals surface area (Å²) in [4.78, 5) is 4.87. The van der Waals surface area contributed by atoms with Gasteiger partial charge in [0.1, 0.15) is 11.3 Å². The average molecular weight is 448 g/mol. The quantitative estimate of drug-likeness (QED) is 0.264. The van der Waals surface area contributed by atoms with Crippen molar-refractivity contribution in [2.45, 2.75) is 33.1 Å². The number of benzene rings is 3. The van der Waals surface area contributed by atoms with E-state index < -0.39 is 0 Å². The smallest absolute Gasteiger partial charge is 0.139 e. The zero-order chi connectivity index (χ0) is 22.7. The van der Waals surface area contributed by atoms with E-state index in [0.717, 1.165) is 39.1 Å². The normalized spacial score (nSPS) is 12.2. The molecule has 0 atom stereocenters. The molecule has 0 radical (unpaired) electrons. The first-order valence-electron chi connectivity index (χ1n) is 11.3. The van der Waals surface area contributed by atoms with Gasteiger partial charge in [0.2, 0.25) is 0 Å². The topological polar surface area (TPSA) is 26.0 Å². The van der Waals surface area contributed by atoms with E-state index in [1.54, 1.807) is 11.3 Å². The number of hydrogen-bond acceptors (Lipinski definition) is 3. The van der Waals surface area contributed by atoms with Gasteiger partial charge < -0.3 is 4.42 Å². The molecule has 6 aromatic rings. The molecule has 162 valence electrons. The second-order valence-corrected chi connectivity index (χ2v) is 10.6. The van der Waals surface area contributed by atoms with Crippen LogP contribution in [0.5, 0.6) is 0 Å². The van der Waals surface area contributed by atoms with Crippen molar-refractivity contribution in [2.24, 2.45) is 0 Å². The van der Waals surface area contributed by atoms with E-state index in [4.69, 9.17) is 9.40 Å². The Hall–Kier alpha value is -3.43. The number of fused-ring (bicyclic) bond motifs is 3. The van der Waals surface area contributed by atoms with Crippen LogP contribution in [0.15, 0.2) is 82.7 Å². The molecule has 0 aliphatic heterocycles. The molecule has 0 bridgehead atoms. The van der Waals surface area contributed by atoms with Gasteiger partial charge in [-0.15, -0.1) is 11.3 Å². The summed E-state index contributed by atoms with van der Waals surface area (Å²) in [5.74, 6) is 0.938. The summed E-state index contributed by atoms with van der Waals surface area (Å²) in [6.07, 6.45) is 1.86. The van der Waals surface area contributed by atoms with Gasteiger partial charge in [0.15, 0.2) is 0 Å². The third-order valence-corrected chi connectivity index (χ3v) is 7.47. The van der Waals surface area contributed by atoms with Gasteiger partial charge in [0.05, 0.1) is 11.1 Å². The summed E-state index contributed by atoms with van der Waals surface area (Å²) in [7, 11) is 0. The number of aromatic nitrogens is 1. The first-order valence-corrected chi connectivity index (χ1v) is 12.2. The van der Waals surface area contributed by atoms with Crippen molar-refractivity contribution < 1.29 is 4.42 Å². The van der Waals surface area contributed by atoms with E-state index in [9.17, 15) is 0 Å². The van der Waals surface area contributed by atoms with Gasteiger partial charge in [-0.2, -0.15) is 0 Å². The largest absolute Gasteiger partial charge is 0.456 e. The van der Waals surface area contributed by atoms with E-state index in [-0.39, 0.29) is 5.41 Å². The third-order valence-electron chi connectivity index (χ3n) is 6.51. The fourth-order valence-electron chi connectivity index (χ4n) is 4.89. The molecule has 3 heteroatoms. The van der Waals surface area contributed by atoms with Crippen LogP contribution in [0.4, 0.5) is 0 Å². The lowest BCUT2D eigenvalue weighted by molar-refractivity contribution is 0.596. The Labute approximate surface area is 197 Å². The third kappa shape index (κ3) is 3.19. The monoisotopic (exact) mass is 447 g/mol. The van der Waals surface area contributed by atoms with Crippen molar-refractivity contribution in [1.82, 2.24) is 4.98 Å². The van der Waals surface area contributed by atoms with Crippen LogP contribution in [0.25, 0.3) is 54.4 Å². The van der Waals surface area contributed by atoms with Gasteiger partial charge in [-0.25, -0.2) is 0 Å². The number of nitrogens with zero attached hydrogens (tertiary/aromatic N) is 1. The number of furan rings is 1. The van der Waals surface area contributed by atoms with E-state index in [2.05, 4.69) is 93.7 Å². The van der Waals surface area contributed by atoms with Gasteiger partial charge >= 0.3 is 0 Å². The Morgan fingerprint density at radius 2 is 1.64 bits per heavy atom. The lowest BCUT2D eigenvalue weighted by Crippen LogP contribution is -2.12. The Morgan fingerprint density at radius 1 is 0.879 bits per heavy atom. The zero-order valence-electron chi connectivity index (χ0n) is 19.3. The first kappa shape index (κ1) is 20.2. The molecule has 3 aromatic carbocycles. The highest BCUT2D eigenvalue weighted by Crippen LogP contribution is 2.43. The highest BCUT2D eigenvalue weighted by Gasteiger charge is 2.22. The molecule has 0 fully saturated rings. The number of thiophene rings is 1. The molecule has 0 amide bonds. The lowest BCUT2D eigenvalue weighted by atomic mass is 9.82. The standard InChI is InChI=1S/C30H25NOS/c1-18-27-25(32-29(18)23-17-33-26-12-8-7-11-22(23)26)13-14-31-28(27)20-15-19-9-5-6-10-21(19)24(16-20)30(2,3)4/h5-17H,1-4H3. The Bertz CT molecular complexity index is 1660. The second-order valence-electron chi connectivity index (χ2n) is 9.73. The minimum absolute atomic E-state index is 0.0235. The Kier molecular flexibility index (Phi) is 4.46. The fourth-order valence-corrected chi connectivity index (χ4v) is 5.83. The Morgan fingerprint density at radius 3 is 2.45 bits per heavy atom. The molecular formula is C30H25NOS. The molecule has 3 heterocycles. The second kappa shape index (κ2) is 7.29. The van der Waals surface area contributed by atoms with Gasteiger partial charge in [-0.1, -0.05) is 63.2 Å². The molecule has 0 spiro atoms. The molecule has 0 N–H and O–H groups in total. The van der Waals surface area contributed by atoms with Crippen LogP contribution >= 0.6 is 11.3 Å². The maximum absolute atomic E-state index is 6.47. The van der Waals surface area contributed by atoms with E-state index in [0.29, 0.717) is 0 Å². The zero-order valence-corrected chi connectivity index (χ0v) is 20.1. The van der Waals surface area contributed by atoms with Gasteiger partial charge in [0.25, 0.3) is 0 Å². The summed E-state index contributed by atoms with van der Waals surface area (Å²) in [5.41, 5.74) is 6.65. The molecule has 3 aromatic heterocycles. The maximum atomic E-state index is 6.47. The first-order chi connectivity index (χ1) is 15.9. The minimum atomic E-state index is 0.0235. The SMILES string of the molecule is Cc1c(-c2csc3ccccc23)oc2ccnc(-c3cc(C(C)(C)C)c4ccccc4c3)c12. The lowest BCUT2D eigenvalue weighted by Gasteiger charge is -2.22. The minimum Gasteiger partial charge on any atom is -0.456 e. The Balaban J connectivity index is 1.63. The average Bonchev–Trinajstić information content (AvgIpc) is 3.38.